The van der Waals surface area contributed by atoms with E-state index in [0.717, 1.165) is 55.2 Å². The molecular weight excluding hydrogens is 611 g/mol. The number of ether oxygens (including phenoxy) is 1. The third-order valence-corrected chi connectivity index (χ3v) is 8.96. The lowest BCUT2D eigenvalue weighted by Gasteiger charge is -2.35. The predicted molar refractivity (Wildman–Crippen MR) is 171 cm³/mol. The van der Waals surface area contributed by atoms with Crippen LogP contribution in [0.2, 0.25) is 15.1 Å². The zero-order chi connectivity index (χ0) is 30.9. The zero-order valence-electron chi connectivity index (χ0n) is 24.6. The van der Waals surface area contributed by atoms with Crippen LogP contribution in [0.25, 0.3) is 0 Å². The Morgan fingerprint density at radius 1 is 1.02 bits per heavy atom. The SMILES string of the molecule is Cc1cc(C)n(C(Cc2ccc(Cl)cc2Cl)C(=O)N2CCC(c3ccc(Cl)cc3OCCN3CCCC3)CC2)n1.O=CO. The normalized spacial score (nSPS) is 16.4. The van der Waals surface area contributed by atoms with Crippen molar-refractivity contribution in [3.05, 3.63) is 80.0 Å². The van der Waals surface area contributed by atoms with Crippen molar-refractivity contribution < 1.29 is 19.4 Å². The van der Waals surface area contributed by atoms with Crippen LogP contribution in [0.15, 0.2) is 42.5 Å². The van der Waals surface area contributed by atoms with Crippen LogP contribution in [-0.2, 0) is 16.0 Å². The van der Waals surface area contributed by atoms with Gasteiger partial charge in [0.25, 0.3) is 6.47 Å². The molecule has 1 amide bonds. The summed E-state index contributed by atoms with van der Waals surface area (Å²) < 4.78 is 8.11. The number of aromatic nitrogens is 2. The van der Waals surface area contributed by atoms with Gasteiger partial charge in [0.1, 0.15) is 18.4 Å². The fraction of sp³-hybridized carbons (Fsp3) is 0.469. The molecule has 1 N–H and O–H groups in total. The average molecular weight is 650 g/mol. The molecule has 3 aromatic rings. The van der Waals surface area contributed by atoms with E-state index in [1.54, 1.807) is 6.07 Å². The van der Waals surface area contributed by atoms with Crippen molar-refractivity contribution in [3.63, 3.8) is 0 Å². The van der Waals surface area contributed by atoms with Crippen molar-refractivity contribution in [2.75, 3.05) is 39.3 Å². The van der Waals surface area contributed by atoms with Gasteiger partial charge < -0.3 is 14.7 Å². The monoisotopic (exact) mass is 648 g/mol. The lowest BCUT2D eigenvalue weighted by Crippen LogP contribution is -2.43. The molecule has 3 heterocycles. The number of amides is 1. The van der Waals surface area contributed by atoms with Gasteiger partial charge >= 0.3 is 0 Å². The van der Waals surface area contributed by atoms with Crippen LogP contribution >= 0.6 is 34.8 Å². The molecule has 0 saturated carbocycles. The number of rotatable bonds is 9. The maximum atomic E-state index is 14.0. The van der Waals surface area contributed by atoms with E-state index < -0.39 is 6.04 Å². The van der Waals surface area contributed by atoms with Crippen LogP contribution in [0, 0.1) is 13.8 Å². The number of benzene rings is 2. The molecule has 0 aliphatic carbocycles. The molecule has 0 radical (unpaired) electrons. The number of likely N-dealkylation sites (tertiary alicyclic amines) is 2. The summed E-state index contributed by atoms with van der Waals surface area (Å²) >= 11 is 19.0. The molecular formula is C32H39Cl3N4O4. The molecule has 1 aromatic heterocycles. The highest BCUT2D eigenvalue weighted by molar-refractivity contribution is 6.35. The summed E-state index contributed by atoms with van der Waals surface area (Å²) in [4.78, 5) is 26.8. The van der Waals surface area contributed by atoms with Crippen LogP contribution in [0.3, 0.4) is 0 Å². The molecule has 8 nitrogen and oxygen atoms in total. The number of piperidine rings is 1. The van der Waals surface area contributed by atoms with Crippen LogP contribution in [0.1, 0.15) is 60.2 Å². The highest BCUT2D eigenvalue weighted by atomic mass is 35.5. The Balaban J connectivity index is 0.00000135. The lowest BCUT2D eigenvalue weighted by atomic mass is 9.88. The summed E-state index contributed by atoms with van der Waals surface area (Å²) in [6.07, 6.45) is 4.71. The average Bonchev–Trinajstić information content (AvgIpc) is 3.62. The molecule has 5 rings (SSSR count). The molecule has 2 fully saturated rings. The Hall–Kier alpha value is -2.78. The Bertz CT molecular complexity index is 1380. The van der Waals surface area contributed by atoms with Gasteiger partial charge in [-0.2, -0.15) is 5.10 Å². The van der Waals surface area contributed by atoms with E-state index in [4.69, 9.17) is 49.4 Å². The Kier molecular flexibility index (Phi) is 12.2. The van der Waals surface area contributed by atoms with Gasteiger partial charge in [-0.05, 0) is 100.0 Å². The highest BCUT2D eigenvalue weighted by Crippen LogP contribution is 2.37. The fourth-order valence-electron chi connectivity index (χ4n) is 6.02. The second kappa shape index (κ2) is 15.8. The standard InChI is InChI=1S/C31H37Cl3N4O2.CH2O2/c1-21-17-22(2)38(35-21)29(18-24-5-6-25(32)19-28(24)34)31(39)37-13-9-23(10-14-37)27-8-7-26(33)20-30(27)40-16-15-36-11-3-4-12-36;2-1-3/h5-8,17,19-20,23,29H,3-4,9-16,18H2,1-2H3;1H,(H,2,3). The van der Waals surface area contributed by atoms with Crippen LogP contribution in [-0.4, -0.2) is 76.4 Å². The maximum absolute atomic E-state index is 14.0. The second-order valence-electron chi connectivity index (χ2n) is 11.1. The van der Waals surface area contributed by atoms with Gasteiger partial charge in [0, 0.05) is 46.8 Å². The van der Waals surface area contributed by atoms with Crippen LogP contribution < -0.4 is 4.74 Å². The molecule has 1 atom stereocenters. The van der Waals surface area contributed by atoms with Gasteiger partial charge in [0.15, 0.2) is 0 Å². The van der Waals surface area contributed by atoms with Crippen molar-refractivity contribution in [2.45, 2.75) is 57.9 Å². The topological polar surface area (TPSA) is 87.9 Å². The van der Waals surface area contributed by atoms with Crippen molar-refractivity contribution in [1.82, 2.24) is 19.6 Å². The number of aryl methyl sites for hydroxylation is 2. The highest BCUT2D eigenvalue weighted by Gasteiger charge is 2.32. The second-order valence-corrected chi connectivity index (χ2v) is 12.4. The first-order valence-corrected chi connectivity index (χ1v) is 15.8. The Labute approximate surface area is 268 Å². The van der Waals surface area contributed by atoms with E-state index in [2.05, 4.69) is 16.1 Å². The number of nitrogens with zero attached hydrogens (tertiary/aromatic N) is 4. The molecule has 1 unspecified atom stereocenters. The zero-order valence-corrected chi connectivity index (χ0v) is 26.9. The van der Waals surface area contributed by atoms with E-state index in [0.29, 0.717) is 47.1 Å². The minimum absolute atomic E-state index is 0.0638. The van der Waals surface area contributed by atoms with Gasteiger partial charge in [-0.15, -0.1) is 0 Å². The number of hydrogen-bond donors (Lipinski definition) is 1. The number of carboxylic acid groups (broad SMARTS) is 1. The molecule has 0 spiro atoms. The first-order valence-electron chi connectivity index (χ1n) is 14.7. The third-order valence-electron chi connectivity index (χ3n) is 8.14. The van der Waals surface area contributed by atoms with Gasteiger partial charge in [0.2, 0.25) is 5.91 Å². The summed E-state index contributed by atoms with van der Waals surface area (Å²) in [5, 5.41) is 13.4. The summed E-state index contributed by atoms with van der Waals surface area (Å²) in [5.74, 6) is 1.24. The van der Waals surface area contributed by atoms with Gasteiger partial charge in [0.05, 0.1) is 5.69 Å². The minimum atomic E-state index is -0.482. The molecule has 2 aromatic carbocycles. The van der Waals surface area contributed by atoms with Crippen molar-refractivity contribution >= 4 is 47.2 Å². The van der Waals surface area contributed by atoms with E-state index >= 15 is 0 Å². The number of hydrogen-bond acceptors (Lipinski definition) is 5. The predicted octanol–water partition coefficient (Wildman–Crippen LogP) is 6.83. The molecule has 0 bridgehead atoms. The molecule has 2 aliphatic rings. The Morgan fingerprint density at radius 3 is 2.30 bits per heavy atom. The van der Waals surface area contributed by atoms with E-state index in [1.807, 2.05) is 53.8 Å². The Morgan fingerprint density at radius 2 is 1.67 bits per heavy atom. The summed E-state index contributed by atoms with van der Waals surface area (Å²) in [6, 6.07) is 12.9. The minimum Gasteiger partial charge on any atom is -0.492 e. The number of carbonyl (C=O) groups excluding carboxylic acids is 1. The third kappa shape index (κ3) is 8.88. The molecule has 2 saturated heterocycles. The van der Waals surface area contributed by atoms with Crippen LogP contribution in [0.4, 0.5) is 0 Å². The largest absolute Gasteiger partial charge is 0.492 e. The molecule has 232 valence electrons. The quantitative estimate of drug-likeness (QED) is 0.256. The first-order chi connectivity index (χ1) is 20.7. The molecule has 11 heteroatoms. The van der Waals surface area contributed by atoms with E-state index in [9.17, 15) is 4.79 Å². The summed E-state index contributed by atoms with van der Waals surface area (Å²) in [5.41, 5.74) is 3.90. The number of carbonyl (C=O) groups is 2. The smallest absolute Gasteiger partial charge is 0.290 e. The maximum Gasteiger partial charge on any atom is 0.290 e. The van der Waals surface area contributed by atoms with E-state index in [1.165, 1.54) is 18.4 Å². The van der Waals surface area contributed by atoms with Gasteiger partial charge in [-0.3, -0.25) is 19.2 Å². The first kappa shape index (κ1) is 33.1. The summed E-state index contributed by atoms with van der Waals surface area (Å²) in [6.45, 7) is 8.92. The molecule has 2 aliphatic heterocycles. The van der Waals surface area contributed by atoms with Crippen molar-refractivity contribution in [2.24, 2.45) is 0 Å². The van der Waals surface area contributed by atoms with E-state index in [-0.39, 0.29) is 12.4 Å². The lowest BCUT2D eigenvalue weighted by molar-refractivity contribution is -0.136. The molecule has 43 heavy (non-hydrogen) atoms. The van der Waals surface area contributed by atoms with Gasteiger partial charge in [-0.1, -0.05) is 46.9 Å². The van der Waals surface area contributed by atoms with Crippen molar-refractivity contribution in [1.29, 1.82) is 0 Å². The van der Waals surface area contributed by atoms with Crippen LogP contribution in [0.5, 0.6) is 5.75 Å². The number of halogens is 3. The fourth-order valence-corrected chi connectivity index (χ4v) is 6.67. The van der Waals surface area contributed by atoms with Gasteiger partial charge in [-0.25, -0.2) is 0 Å². The summed E-state index contributed by atoms with van der Waals surface area (Å²) in [7, 11) is 0. The van der Waals surface area contributed by atoms with Crippen molar-refractivity contribution in [3.8, 4) is 5.75 Å².